The highest BCUT2D eigenvalue weighted by Gasteiger charge is 2.17. The molecule has 6 heteroatoms. The molecule has 17 heavy (non-hydrogen) atoms. The van der Waals surface area contributed by atoms with Gasteiger partial charge in [0.1, 0.15) is 11.6 Å². The second-order valence-electron chi connectivity index (χ2n) is 4.21. The van der Waals surface area contributed by atoms with E-state index in [0.717, 1.165) is 45.0 Å². The molecular formula is C11H19N5O. The molecule has 1 aromatic heterocycles. The predicted molar refractivity (Wildman–Crippen MR) is 66.8 cm³/mol. The van der Waals surface area contributed by atoms with E-state index in [-0.39, 0.29) is 6.61 Å². The number of hydrogen-bond acceptors (Lipinski definition) is 6. The summed E-state index contributed by atoms with van der Waals surface area (Å²) in [4.78, 5) is 12.9. The molecular weight excluding hydrogens is 218 g/mol. The molecule has 1 aliphatic heterocycles. The van der Waals surface area contributed by atoms with E-state index in [4.69, 9.17) is 10.8 Å². The monoisotopic (exact) mass is 237 g/mol. The van der Waals surface area contributed by atoms with Crippen LogP contribution >= 0.6 is 0 Å². The van der Waals surface area contributed by atoms with Crippen molar-refractivity contribution in [3.63, 3.8) is 0 Å². The van der Waals surface area contributed by atoms with E-state index >= 15 is 0 Å². The highest BCUT2D eigenvalue weighted by atomic mass is 16.3. The number of aliphatic hydroxyl groups is 1. The first kappa shape index (κ1) is 12.1. The van der Waals surface area contributed by atoms with Crippen molar-refractivity contribution in [1.29, 1.82) is 0 Å². The number of aliphatic hydroxyl groups excluding tert-OH is 1. The fraction of sp³-hybridized carbons (Fsp3) is 0.636. The van der Waals surface area contributed by atoms with Crippen LogP contribution in [0, 0.1) is 0 Å². The summed E-state index contributed by atoms with van der Waals surface area (Å²) in [7, 11) is 0. The van der Waals surface area contributed by atoms with E-state index in [1.807, 2.05) is 0 Å². The SMILES string of the molecule is Nc1cncc(N2CCN(CCCO)CC2)n1. The van der Waals surface area contributed by atoms with E-state index in [2.05, 4.69) is 19.8 Å². The predicted octanol–water partition coefficient (Wildman–Crippen LogP) is -0.437. The summed E-state index contributed by atoms with van der Waals surface area (Å²) in [5.41, 5.74) is 5.62. The molecule has 0 bridgehead atoms. The molecule has 1 fully saturated rings. The van der Waals surface area contributed by atoms with Gasteiger partial charge in [-0.15, -0.1) is 0 Å². The summed E-state index contributed by atoms with van der Waals surface area (Å²) in [6.07, 6.45) is 4.15. The standard InChI is InChI=1S/C11H19N5O/c12-10-8-13-9-11(14-10)16-5-3-15(4-6-16)2-1-7-17/h8-9,17H,1-7H2,(H2,12,14). The van der Waals surface area contributed by atoms with Gasteiger partial charge in [0.2, 0.25) is 0 Å². The van der Waals surface area contributed by atoms with Gasteiger partial charge in [0.25, 0.3) is 0 Å². The first-order valence-electron chi connectivity index (χ1n) is 5.95. The molecule has 1 aliphatic rings. The van der Waals surface area contributed by atoms with Crippen molar-refractivity contribution in [1.82, 2.24) is 14.9 Å². The minimum absolute atomic E-state index is 0.265. The van der Waals surface area contributed by atoms with Gasteiger partial charge in [-0.3, -0.25) is 9.88 Å². The van der Waals surface area contributed by atoms with E-state index < -0.39 is 0 Å². The van der Waals surface area contributed by atoms with Crippen LogP contribution in [0.3, 0.4) is 0 Å². The molecule has 0 radical (unpaired) electrons. The van der Waals surface area contributed by atoms with Gasteiger partial charge in [-0.1, -0.05) is 0 Å². The summed E-state index contributed by atoms with van der Waals surface area (Å²) in [6.45, 7) is 5.09. The second kappa shape index (κ2) is 5.79. The quantitative estimate of drug-likeness (QED) is 0.739. The zero-order chi connectivity index (χ0) is 12.1. The van der Waals surface area contributed by atoms with Crippen LogP contribution in [-0.4, -0.2) is 59.3 Å². The van der Waals surface area contributed by atoms with Crippen molar-refractivity contribution >= 4 is 11.6 Å². The Labute approximate surface area is 101 Å². The lowest BCUT2D eigenvalue weighted by Gasteiger charge is -2.35. The Balaban J connectivity index is 1.86. The van der Waals surface area contributed by atoms with Gasteiger partial charge >= 0.3 is 0 Å². The van der Waals surface area contributed by atoms with Crippen molar-refractivity contribution in [2.45, 2.75) is 6.42 Å². The van der Waals surface area contributed by atoms with Crippen molar-refractivity contribution in [3.05, 3.63) is 12.4 Å². The van der Waals surface area contributed by atoms with Gasteiger partial charge in [0.05, 0.1) is 12.4 Å². The van der Waals surface area contributed by atoms with E-state index in [1.165, 1.54) is 0 Å². The topological polar surface area (TPSA) is 78.5 Å². The van der Waals surface area contributed by atoms with Crippen LogP contribution in [0.25, 0.3) is 0 Å². The number of nitrogens with zero attached hydrogens (tertiary/aromatic N) is 4. The van der Waals surface area contributed by atoms with E-state index in [0.29, 0.717) is 5.82 Å². The number of hydrogen-bond donors (Lipinski definition) is 2. The maximum absolute atomic E-state index is 8.79. The zero-order valence-corrected chi connectivity index (χ0v) is 9.92. The van der Waals surface area contributed by atoms with Gasteiger partial charge in [-0.2, -0.15) is 0 Å². The molecule has 0 spiro atoms. The second-order valence-corrected chi connectivity index (χ2v) is 4.21. The molecule has 1 aromatic rings. The summed E-state index contributed by atoms with van der Waals surface area (Å²) in [5.74, 6) is 1.32. The maximum atomic E-state index is 8.79. The van der Waals surface area contributed by atoms with Gasteiger partial charge in [0.15, 0.2) is 0 Å². The van der Waals surface area contributed by atoms with Crippen LogP contribution in [0.15, 0.2) is 12.4 Å². The Morgan fingerprint density at radius 3 is 2.65 bits per heavy atom. The molecule has 2 heterocycles. The highest BCUT2D eigenvalue weighted by molar-refractivity contribution is 5.41. The minimum atomic E-state index is 0.265. The van der Waals surface area contributed by atoms with Gasteiger partial charge in [0, 0.05) is 39.3 Å². The Morgan fingerprint density at radius 2 is 2.00 bits per heavy atom. The smallest absolute Gasteiger partial charge is 0.149 e. The minimum Gasteiger partial charge on any atom is -0.396 e. The largest absolute Gasteiger partial charge is 0.396 e. The Hall–Kier alpha value is -1.40. The fourth-order valence-electron chi connectivity index (χ4n) is 2.02. The molecule has 3 N–H and O–H groups in total. The Bertz CT molecular complexity index is 351. The lowest BCUT2D eigenvalue weighted by Crippen LogP contribution is -2.47. The van der Waals surface area contributed by atoms with Gasteiger partial charge in [-0.25, -0.2) is 4.98 Å². The van der Waals surface area contributed by atoms with Gasteiger partial charge < -0.3 is 15.7 Å². The lowest BCUT2D eigenvalue weighted by atomic mass is 10.3. The third kappa shape index (κ3) is 3.28. The van der Waals surface area contributed by atoms with Crippen LogP contribution in [-0.2, 0) is 0 Å². The normalized spacial score (nSPS) is 17.4. The highest BCUT2D eigenvalue weighted by Crippen LogP contribution is 2.13. The summed E-state index contributed by atoms with van der Waals surface area (Å²) < 4.78 is 0. The van der Waals surface area contributed by atoms with Crippen molar-refractivity contribution in [2.75, 3.05) is 50.0 Å². The van der Waals surface area contributed by atoms with Crippen LogP contribution in [0.5, 0.6) is 0 Å². The average molecular weight is 237 g/mol. The van der Waals surface area contributed by atoms with Crippen LogP contribution in [0.4, 0.5) is 11.6 Å². The first-order valence-corrected chi connectivity index (χ1v) is 5.95. The molecule has 1 saturated heterocycles. The zero-order valence-electron chi connectivity index (χ0n) is 9.92. The number of piperazine rings is 1. The Morgan fingerprint density at radius 1 is 1.24 bits per heavy atom. The number of rotatable bonds is 4. The fourth-order valence-corrected chi connectivity index (χ4v) is 2.02. The maximum Gasteiger partial charge on any atom is 0.149 e. The Kier molecular flexibility index (Phi) is 4.11. The van der Waals surface area contributed by atoms with Crippen LogP contribution in [0.1, 0.15) is 6.42 Å². The molecule has 0 aliphatic carbocycles. The molecule has 0 amide bonds. The van der Waals surface area contributed by atoms with Crippen molar-refractivity contribution < 1.29 is 5.11 Å². The molecule has 0 unspecified atom stereocenters. The molecule has 0 saturated carbocycles. The summed E-state index contributed by atoms with van der Waals surface area (Å²) in [5, 5.41) is 8.79. The van der Waals surface area contributed by atoms with Crippen LogP contribution < -0.4 is 10.6 Å². The van der Waals surface area contributed by atoms with Crippen molar-refractivity contribution in [2.24, 2.45) is 0 Å². The summed E-state index contributed by atoms with van der Waals surface area (Å²) >= 11 is 0. The molecule has 2 rings (SSSR count). The molecule has 6 nitrogen and oxygen atoms in total. The molecule has 94 valence electrons. The third-order valence-corrected chi connectivity index (χ3v) is 2.97. The summed E-state index contributed by atoms with van der Waals surface area (Å²) in [6, 6.07) is 0. The number of aromatic nitrogens is 2. The number of anilines is 2. The first-order chi connectivity index (χ1) is 8.29. The van der Waals surface area contributed by atoms with Crippen molar-refractivity contribution in [3.8, 4) is 0 Å². The average Bonchev–Trinajstić information content (AvgIpc) is 2.37. The lowest BCUT2D eigenvalue weighted by molar-refractivity contribution is 0.215. The van der Waals surface area contributed by atoms with Gasteiger partial charge in [-0.05, 0) is 6.42 Å². The van der Waals surface area contributed by atoms with E-state index in [9.17, 15) is 0 Å². The number of nitrogens with two attached hydrogens (primary N) is 1. The van der Waals surface area contributed by atoms with E-state index in [1.54, 1.807) is 12.4 Å². The molecule has 0 aromatic carbocycles. The third-order valence-electron chi connectivity index (χ3n) is 2.97. The van der Waals surface area contributed by atoms with Crippen LogP contribution in [0.2, 0.25) is 0 Å². The number of nitrogen functional groups attached to an aromatic ring is 1. The molecule has 0 atom stereocenters.